The maximum atomic E-state index is 13.1. The Morgan fingerprint density at radius 3 is 2.52 bits per heavy atom. The lowest BCUT2D eigenvalue weighted by Crippen LogP contribution is -2.34. The Labute approximate surface area is 126 Å². The van der Waals surface area contributed by atoms with E-state index < -0.39 is 10.0 Å². The number of unbranched alkanes of at least 4 members (excludes halogenated alkanes) is 1. The Hall–Kier alpha value is -1.39. The third-order valence-corrected chi connectivity index (χ3v) is 6.03. The molecule has 0 saturated heterocycles. The summed E-state index contributed by atoms with van der Waals surface area (Å²) >= 11 is 0. The monoisotopic (exact) mass is 303 g/mol. The van der Waals surface area contributed by atoms with Crippen LogP contribution in [-0.2, 0) is 10.0 Å². The van der Waals surface area contributed by atoms with Gasteiger partial charge in [-0.1, -0.05) is 49.7 Å². The van der Waals surface area contributed by atoms with E-state index in [1.807, 2.05) is 36.4 Å². The van der Waals surface area contributed by atoms with Gasteiger partial charge in [0.1, 0.15) is 0 Å². The highest BCUT2D eigenvalue weighted by Crippen LogP contribution is 2.34. The molecule has 21 heavy (non-hydrogen) atoms. The first kappa shape index (κ1) is 14.5. The molecule has 0 aromatic heterocycles. The van der Waals surface area contributed by atoms with Crippen LogP contribution in [0.15, 0.2) is 47.4 Å². The summed E-state index contributed by atoms with van der Waals surface area (Å²) in [5.41, 5.74) is 0. The van der Waals surface area contributed by atoms with Crippen molar-refractivity contribution in [2.45, 2.75) is 43.5 Å². The largest absolute Gasteiger partial charge is 0.243 e. The van der Waals surface area contributed by atoms with Crippen LogP contribution in [0.1, 0.15) is 32.6 Å². The Morgan fingerprint density at radius 1 is 1.10 bits per heavy atom. The van der Waals surface area contributed by atoms with Gasteiger partial charge in [0, 0.05) is 18.0 Å². The molecule has 3 nitrogen and oxygen atoms in total. The molecule has 3 rings (SSSR count). The molecule has 4 heteroatoms. The minimum Gasteiger partial charge on any atom is -0.207 e. The van der Waals surface area contributed by atoms with Crippen molar-refractivity contribution in [1.82, 2.24) is 4.31 Å². The summed E-state index contributed by atoms with van der Waals surface area (Å²) in [7, 11) is -3.40. The van der Waals surface area contributed by atoms with Gasteiger partial charge in [0.15, 0.2) is 0 Å². The molecule has 2 aromatic carbocycles. The molecule has 0 radical (unpaired) electrons. The van der Waals surface area contributed by atoms with Gasteiger partial charge in [0.05, 0.1) is 4.90 Å². The van der Waals surface area contributed by atoms with Crippen molar-refractivity contribution in [3.63, 3.8) is 0 Å². The summed E-state index contributed by atoms with van der Waals surface area (Å²) in [5.74, 6) is 0. The van der Waals surface area contributed by atoms with Crippen LogP contribution in [0, 0.1) is 0 Å². The number of hydrogen-bond donors (Lipinski definition) is 0. The fourth-order valence-corrected chi connectivity index (χ4v) is 4.66. The van der Waals surface area contributed by atoms with Crippen LogP contribution >= 0.6 is 0 Å². The van der Waals surface area contributed by atoms with Crippen molar-refractivity contribution in [3.05, 3.63) is 42.5 Å². The van der Waals surface area contributed by atoms with Crippen molar-refractivity contribution in [2.24, 2.45) is 0 Å². The molecule has 2 aromatic rings. The predicted octanol–water partition coefficient (Wildman–Crippen LogP) is 3.79. The first-order valence-electron chi connectivity index (χ1n) is 7.64. The van der Waals surface area contributed by atoms with E-state index in [4.69, 9.17) is 0 Å². The number of fused-ring (bicyclic) bond motifs is 1. The maximum absolute atomic E-state index is 13.1. The normalized spacial score (nSPS) is 15.7. The Kier molecular flexibility index (Phi) is 4.00. The molecule has 1 fully saturated rings. The summed E-state index contributed by atoms with van der Waals surface area (Å²) in [6.07, 6.45) is 3.91. The zero-order valence-corrected chi connectivity index (χ0v) is 13.1. The molecule has 0 bridgehead atoms. The van der Waals surface area contributed by atoms with Crippen LogP contribution in [0.25, 0.3) is 10.8 Å². The summed E-state index contributed by atoms with van der Waals surface area (Å²) in [6.45, 7) is 2.72. The molecular weight excluding hydrogens is 282 g/mol. The summed E-state index contributed by atoms with van der Waals surface area (Å²) in [5, 5.41) is 1.80. The van der Waals surface area contributed by atoms with E-state index in [-0.39, 0.29) is 6.04 Å². The molecule has 0 spiro atoms. The lowest BCUT2D eigenvalue weighted by molar-refractivity contribution is 0.396. The Morgan fingerprint density at radius 2 is 1.81 bits per heavy atom. The summed E-state index contributed by atoms with van der Waals surface area (Å²) in [4.78, 5) is 0.448. The van der Waals surface area contributed by atoms with Gasteiger partial charge in [-0.25, -0.2) is 8.42 Å². The Bertz CT molecular complexity index is 730. The minimum absolute atomic E-state index is 0.209. The van der Waals surface area contributed by atoms with Crippen LogP contribution in [0.3, 0.4) is 0 Å². The fourth-order valence-electron chi connectivity index (χ4n) is 2.72. The predicted molar refractivity (Wildman–Crippen MR) is 85.8 cm³/mol. The number of rotatable bonds is 6. The maximum Gasteiger partial charge on any atom is 0.243 e. The zero-order valence-electron chi connectivity index (χ0n) is 12.3. The molecular formula is C17H21NO2S. The smallest absolute Gasteiger partial charge is 0.207 e. The molecule has 112 valence electrons. The van der Waals surface area contributed by atoms with E-state index in [2.05, 4.69) is 6.92 Å². The van der Waals surface area contributed by atoms with E-state index >= 15 is 0 Å². The molecule has 1 saturated carbocycles. The molecule has 1 aliphatic carbocycles. The number of hydrogen-bond acceptors (Lipinski definition) is 2. The molecule has 1 aliphatic rings. The molecule has 0 N–H and O–H groups in total. The minimum atomic E-state index is -3.40. The molecule has 0 atom stereocenters. The number of benzene rings is 2. The molecule has 0 amide bonds. The second kappa shape index (κ2) is 5.78. The van der Waals surface area contributed by atoms with Gasteiger partial charge >= 0.3 is 0 Å². The topological polar surface area (TPSA) is 37.4 Å². The van der Waals surface area contributed by atoms with Gasteiger partial charge in [0.25, 0.3) is 0 Å². The second-order valence-corrected chi connectivity index (χ2v) is 7.54. The third kappa shape index (κ3) is 2.83. The number of sulfonamides is 1. The van der Waals surface area contributed by atoms with E-state index in [0.29, 0.717) is 11.4 Å². The highest BCUT2D eigenvalue weighted by Gasteiger charge is 2.38. The van der Waals surface area contributed by atoms with Crippen LogP contribution in [-0.4, -0.2) is 25.3 Å². The van der Waals surface area contributed by atoms with E-state index in [9.17, 15) is 8.42 Å². The van der Waals surface area contributed by atoms with Crippen molar-refractivity contribution >= 4 is 20.8 Å². The third-order valence-electron chi connectivity index (χ3n) is 4.02. The SMILES string of the molecule is CCCCN(C1CC1)S(=O)(=O)c1cccc2ccccc12. The van der Waals surface area contributed by atoms with Crippen molar-refractivity contribution in [3.8, 4) is 0 Å². The van der Waals surface area contributed by atoms with Crippen LogP contribution in [0.4, 0.5) is 0 Å². The van der Waals surface area contributed by atoms with E-state index in [1.165, 1.54) is 0 Å². The molecule has 0 heterocycles. The lowest BCUT2D eigenvalue weighted by Gasteiger charge is -2.22. The number of nitrogens with zero attached hydrogens (tertiary/aromatic N) is 1. The van der Waals surface area contributed by atoms with Crippen LogP contribution < -0.4 is 0 Å². The van der Waals surface area contributed by atoms with Gasteiger partial charge in [-0.2, -0.15) is 4.31 Å². The Balaban J connectivity index is 2.06. The quantitative estimate of drug-likeness (QED) is 0.814. The van der Waals surface area contributed by atoms with Crippen LogP contribution in [0.5, 0.6) is 0 Å². The van der Waals surface area contributed by atoms with Gasteiger partial charge in [-0.15, -0.1) is 0 Å². The first-order chi connectivity index (χ1) is 10.1. The summed E-state index contributed by atoms with van der Waals surface area (Å²) in [6, 6.07) is 13.4. The van der Waals surface area contributed by atoms with Crippen molar-refractivity contribution in [1.29, 1.82) is 0 Å². The summed E-state index contributed by atoms with van der Waals surface area (Å²) < 4.78 is 27.8. The van der Waals surface area contributed by atoms with Crippen molar-refractivity contribution in [2.75, 3.05) is 6.54 Å². The van der Waals surface area contributed by atoms with Gasteiger partial charge in [0.2, 0.25) is 10.0 Å². The fraction of sp³-hybridized carbons (Fsp3) is 0.412. The van der Waals surface area contributed by atoms with Gasteiger partial charge in [-0.3, -0.25) is 0 Å². The average molecular weight is 303 g/mol. The second-order valence-electron chi connectivity index (χ2n) is 5.68. The zero-order chi connectivity index (χ0) is 14.9. The lowest BCUT2D eigenvalue weighted by atomic mass is 10.1. The highest BCUT2D eigenvalue weighted by atomic mass is 32.2. The van der Waals surface area contributed by atoms with E-state index in [0.717, 1.165) is 36.5 Å². The average Bonchev–Trinajstić information content (AvgIpc) is 3.31. The molecule has 0 unspecified atom stereocenters. The van der Waals surface area contributed by atoms with Crippen LogP contribution in [0.2, 0.25) is 0 Å². The molecule has 0 aliphatic heterocycles. The van der Waals surface area contributed by atoms with E-state index in [1.54, 1.807) is 10.4 Å². The van der Waals surface area contributed by atoms with Crippen molar-refractivity contribution < 1.29 is 8.42 Å². The van der Waals surface area contributed by atoms with Gasteiger partial charge < -0.3 is 0 Å². The first-order valence-corrected chi connectivity index (χ1v) is 9.08. The van der Waals surface area contributed by atoms with Gasteiger partial charge in [-0.05, 0) is 30.7 Å². The highest BCUT2D eigenvalue weighted by molar-refractivity contribution is 7.89. The standard InChI is InChI=1S/C17H21NO2S/c1-2-3-13-18(15-11-12-15)21(19,20)17-10-6-8-14-7-4-5-9-16(14)17/h4-10,15H,2-3,11-13H2,1H3.